The number of aromatic nitrogens is 1. The fraction of sp³-hybridized carbons (Fsp3) is 0.316. The van der Waals surface area contributed by atoms with E-state index in [0.29, 0.717) is 43.4 Å². The largest absolute Gasteiger partial charge is 0.347 e. The number of hydrogen-bond donors (Lipinski definition) is 0. The van der Waals surface area contributed by atoms with Crippen molar-refractivity contribution in [1.29, 1.82) is 0 Å². The van der Waals surface area contributed by atoms with Crippen molar-refractivity contribution in [3.05, 3.63) is 52.4 Å². The minimum absolute atomic E-state index is 0.0636. The van der Waals surface area contributed by atoms with E-state index < -0.39 is 10.0 Å². The molecule has 6 nitrogen and oxygen atoms in total. The second kappa shape index (κ2) is 7.98. The highest BCUT2D eigenvalue weighted by Gasteiger charge is 2.30. The Kier molecular flexibility index (Phi) is 5.59. The van der Waals surface area contributed by atoms with Crippen molar-refractivity contribution in [3.63, 3.8) is 0 Å². The van der Waals surface area contributed by atoms with Crippen molar-refractivity contribution >= 4 is 54.1 Å². The van der Waals surface area contributed by atoms with Gasteiger partial charge in [0.15, 0.2) is 0 Å². The van der Waals surface area contributed by atoms with Crippen LogP contribution in [0.1, 0.15) is 6.42 Å². The zero-order valence-electron chi connectivity index (χ0n) is 15.1. The molecule has 0 bridgehead atoms. The molecule has 0 radical (unpaired) electrons. The highest BCUT2D eigenvalue weighted by molar-refractivity contribution is 9.11. The number of halogens is 1. The molecular formula is C19H20BrN3O3S2. The molecule has 0 aliphatic carbocycles. The molecule has 0 saturated carbocycles. The number of piperazine rings is 1. The summed E-state index contributed by atoms with van der Waals surface area (Å²) >= 11 is 4.51. The molecular weight excluding hydrogens is 462 g/mol. The molecule has 9 heteroatoms. The fourth-order valence-electron chi connectivity index (χ4n) is 3.45. The molecule has 0 spiro atoms. The van der Waals surface area contributed by atoms with Crippen LogP contribution in [0.3, 0.4) is 0 Å². The number of thiophene rings is 1. The normalized spacial score (nSPS) is 16.0. The van der Waals surface area contributed by atoms with E-state index in [9.17, 15) is 13.2 Å². The molecule has 2 aromatic heterocycles. The number of para-hydroxylation sites is 1. The van der Waals surface area contributed by atoms with E-state index >= 15 is 0 Å². The number of aryl methyl sites for hydroxylation is 1. The summed E-state index contributed by atoms with van der Waals surface area (Å²) in [4.78, 5) is 14.4. The standard InChI is InChI=1S/C19H20BrN3O3S2/c20-17-5-6-19(27-17)28(25,26)23-13-11-22(12-14-23)18(24)8-10-21-9-7-15-3-1-2-4-16(15)21/h1-7,9H,8,10-14H2. The van der Waals surface area contributed by atoms with E-state index in [4.69, 9.17) is 0 Å². The number of rotatable bonds is 5. The molecule has 0 N–H and O–H groups in total. The third-order valence-corrected chi connectivity index (χ3v) is 8.97. The molecule has 1 saturated heterocycles. The second-order valence-electron chi connectivity index (χ2n) is 6.66. The number of carbonyl (C=O) groups excluding carboxylic acids is 1. The van der Waals surface area contributed by atoms with Gasteiger partial charge in [-0.05, 0) is 45.6 Å². The second-order valence-corrected chi connectivity index (χ2v) is 11.3. The number of hydrogen-bond acceptors (Lipinski definition) is 4. The van der Waals surface area contributed by atoms with Crippen LogP contribution < -0.4 is 0 Å². The van der Waals surface area contributed by atoms with Gasteiger partial charge >= 0.3 is 0 Å². The highest BCUT2D eigenvalue weighted by Crippen LogP contribution is 2.29. The summed E-state index contributed by atoms with van der Waals surface area (Å²) < 4.78 is 30.1. The van der Waals surface area contributed by atoms with E-state index in [2.05, 4.69) is 26.6 Å². The van der Waals surface area contributed by atoms with Crippen molar-refractivity contribution in [3.8, 4) is 0 Å². The van der Waals surface area contributed by atoms with Crippen molar-refractivity contribution in [1.82, 2.24) is 13.8 Å². The van der Waals surface area contributed by atoms with Gasteiger partial charge in [0.1, 0.15) is 4.21 Å². The van der Waals surface area contributed by atoms with E-state index in [1.165, 1.54) is 15.6 Å². The Morgan fingerprint density at radius 1 is 1.04 bits per heavy atom. The van der Waals surface area contributed by atoms with Gasteiger partial charge in [0.05, 0.1) is 3.79 Å². The molecule has 4 rings (SSSR count). The first-order valence-corrected chi connectivity index (χ1v) is 12.1. The van der Waals surface area contributed by atoms with Crippen LogP contribution in [0, 0.1) is 0 Å². The van der Waals surface area contributed by atoms with Gasteiger partial charge in [-0.15, -0.1) is 11.3 Å². The average molecular weight is 482 g/mol. The predicted molar refractivity (Wildman–Crippen MR) is 114 cm³/mol. The Morgan fingerprint density at radius 3 is 2.50 bits per heavy atom. The summed E-state index contributed by atoms with van der Waals surface area (Å²) in [6.45, 7) is 2.13. The van der Waals surface area contributed by atoms with Crippen LogP contribution in [0.25, 0.3) is 10.9 Å². The lowest BCUT2D eigenvalue weighted by molar-refractivity contribution is -0.132. The van der Waals surface area contributed by atoms with E-state index in [1.54, 1.807) is 17.0 Å². The first-order chi connectivity index (χ1) is 13.4. The van der Waals surface area contributed by atoms with Crippen LogP contribution >= 0.6 is 27.3 Å². The smallest absolute Gasteiger partial charge is 0.252 e. The number of benzene rings is 1. The molecule has 1 fully saturated rings. The summed E-state index contributed by atoms with van der Waals surface area (Å²) in [5.41, 5.74) is 1.12. The molecule has 3 aromatic rings. The topological polar surface area (TPSA) is 62.6 Å². The maximum Gasteiger partial charge on any atom is 0.252 e. The third kappa shape index (κ3) is 3.89. The molecule has 1 aliphatic heterocycles. The van der Waals surface area contributed by atoms with E-state index in [-0.39, 0.29) is 5.91 Å². The minimum Gasteiger partial charge on any atom is -0.347 e. The molecule has 1 amide bonds. The van der Waals surface area contributed by atoms with Crippen LogP contribution in [0.5, 0.6) is 0 Å². The van der Waals surface area contributed by atoms with Gasteiger partial charge in [-0.25, -0.2) is 8.42 Å². The first-order valence-electron chi connectivity index (χ1n) is 9.02. The minimum atomic E-state index is -3.48. The summed E-state index contributed by atoms with van der Waals surface area (Å²) in [6, 6.07) is 13.5. The Hall–Kier alpha value is -1.68. The van der Waals surface area contributed by atoms with Crippen LogP contribution in [0.15, 0.2) is 56.7 Å². The molecule has 0 unspecified atom stereocenters. The van der Waals surface area contributed by atoms with Gasteiger partial charge in [0, 0.05) is 50.9 Å². The zero-order valence-corrected chi connectivity index (χ0v) is 18.3. The number of amides is 1. The van der Waals surface area contributed by atoms with Gasteiger partial charge in [-0.3, -0.25) is 4.79 Å². The predicted octanol–water partition coefficient (Wildman–Crippen LogP) is 3.39. The summed E-state index contributed by atoms with van der Waals surface area (Å²) in [6.07, 6.45) is 2.41. The Morgan fingerprint density at radius 2 is 1.79 bits per heavy atom. The zero-order chi connectivity index (χ0) is 19.7. The SMILES string of the molecule is O=C(CCn1ccc2ccccc21)N1CCN(S(=O)(=O)c2ccc(Br)s2)CC1. The summed E-state index contributed by atoms with van der Waals surface area (Å²) in [5.74, 6) is 0.0636. The summed E-state index contributed by atoms with van der Waals surface area (Å²) in [7, 11) is -3.48. The maximum atomic E-state index is 12.7. The lowest BCUT2D eigenvalue weighted by atomic mass is 10.2. The van der Waals surface area contributed by atoms with Crippen LogP contribution in [-0.2, 0) is 21.4 Å². The molecule has 28 heavy (non-hydrogen) atoms. The van der Waals surface area contributed by atoms with Gasteiger partial charge in [0.25, 0.3) is 10.0 Å². The molecule has 148 valence electrons. The van der Waals surface area contributed by atoms with Gasteiger partial charge < -0.3 is 9.47 Å². The van der Waals surface area contributed by atoms with Crippen LogP contribution in [0.2, 0.25) is 0 Å². The quantitative estimate of drug-likeness (QED) is 0.560. The van der Waals surface area contributed by atoms with Crippen molar-refractivity contribution in [2.45, 2.75) is 17.2 Å². The molecule has 1 aliphatic rings. The monoisotopic (exact) mass is 481 g/mol. The fourth-order valence-corrected chi connectivity index (χ4v) is 7.04. The number of sulfonamides is 1. The average Bonchev–Trinajstić information content (AvgIpc) is 3.33. The highest BCUT2D eigenvalue weighted by atomic mass is 79.9. The Bertz CT molecular complexity index is 1100. The Labute approximate surface area is 176 Å². The van der Waals surface area contributed by atoms with Crippen LogP contribution in [0.4, 0.5) is 0 Å². The van der Waals surface area contributed by atoms with Gasteiger partial charge in [0.2, 0.25) is 5.91 Å². The number of nitrogens with zero attached hydrogens (tertiary/aromatic N) is 3. The molecule has 1 aromatic carbocycles. The number of carbonyl (C=O) groups is 1. The van der Waals surface area contributed by atoms with E-state index in [1.807, 2.05) is 30.5 Å². The van der Waals surface area contributed by atoms with Crippen molar-refractivity contribution in [2.24, 2.45) is 0 Å². The molecule has 3 heterocycles. The molecule has 0 atom stereocenters. The first kappa shape index (κ1) is 19.6. The lowest BCUT2D eigenvalue weighted by Gasteiger charge is -2.33. The van der Waals surface area contributed by atoms with E-state index in [0.717, 1.165) is 14.7 Å². The summed E-state index contributed by atoms with van der Waals surface area (Å²) in [5, 5.41) is 1.16. The number of fused-ring (bicyclic) bond motifs is 1. The third-order valence-electron chi connectivity index (χ3n) is 4.98. The lowest BCUT2D eigenvalue weighted by Crippen LogP contribution is -2.50. The van der Waals surface area contributed by atoms with Crippen molar-refractivity contribution in [2.75, 3.05) is 26.2 Å². The Balaban J connectivity index is 1.34. The van der Waals surface area contributed by atoms with Gasteiger partial charge in [-0.1, -0.05) is 18.2 Å². The van der Waals surface area contributed by atoms with Crippen LogP contribution in [-0.4, -0.2) is 54.3 Å². The van der Waals surface area contributed by atoms with Gasteiger partial charge in [-0.2, -0.15) is 4.31 Å². The van der Waals surface area contributed by atoms with Crippen molar-refractivity contribution < 1.29 is 13.2 Å². The maximum absolute atomic E-state index is 12.7.